The van der Waals surface area contributed by atoms with Crippen molar-refractivity contribution in [2.24, 2.45) is 0 Å². The lowest BCUT2D eigenvalue weighted by Gasteiger charge is -2.37. The second kappa shape index (κ2) is 6.94. The van der Waals surface area contributed by atoms with Gasteiger partial charge in [-0.25, -0.2) is 0 Å². The van der Waals surface area contributed by atoms with E-state index >= 15 is 0 Å². The Morgan fingerprint density at radius 1 is 1.43 bits per heavy atom. The third kappa shape index (κ3) is 3.76. The number of aryl methyl sites for hydroxylation is 1. The number of hydrogen-bond donors (Lipinski definition) is 1. The van der Waals surface area contributed by atoms with Crippen LogP contribution in [-0.2, 0) is 4.74 Å². The van der Waals surface area contributed by atoms with E-state index in [-0.39, 0.29) is 18.1 Å². The summed E-state index contributed by atoms with van der Waals surface area (Å²) < 4.78 is 5.61. The molecule has 0 bridgehead atoms. The highest BCUT2D eigenvalue weighted by Gasteiger charge is 2.29. The van der Waals surface area contributed by atoms with Gasteiger partial charge in [0, 0.05) is 18.8 Å². The number of anilines is 1. The minimum atomic E-state index is 0.0938. The molecule has 1 aliphatic heterocycles. The maximum Gasteiger partial charge on any atom is 0.256 e. The zero-order valence-corrected chi connectivity index (χ0v) is 13.5. The third-order valence-corrected chi connectivity index (χ3v) is 3.84. The Hall–Kier alpha value is -1.55. The molecule has 1 aromatic rings. The fourth-order valence-corrected chi connectivity index (χ4v) is 2.59. The van der Waals surface area contributed by atoms with Crippen molar-refractivity contribution in [3.63, 3.8) is 0 Å². The first-order chi connectivity index (χ1) is 10.0. The molecule has 0 aromatic heterocycles. The van der Waals surface area contributed by atoms with Crippen molar-refractivity contribution in [3.05, 3.63) is 29.3 Å². The maximum atomic E-state index is 12.9. The summed E-state index contributed by atoms with van der Waals surface area (Å²) in [5.41, 5.74) is 2.86. The van der Waals surface area contributed by atoms with E-state index in [1.165, 1.54) is 0 Å². The molecule has 2 atom stereocenters. The Labute approximate surface area is 127 Å². The number of benzene rings is 1. The molecule has 21 heavy (non-hydrogen) atoms. The van der Waals surface area contributed by atoms with Gasteiger partial charge >= 0.3 is 0 Å². The lowest BCUT2D eigenvalue weighted by Crippen LogP contribution is -2.50. The van der Waals surface area contributed by atoms with Gasteiger partial charge in [-0.15, -0.1) is 0 Å². The fraction of sp³-hybridized carbons (Fsp3) is 0.588. The van der Waals surface area contributed by atoms with Crippen LogP contribution in [0, 0.1) is 6.92 Å². The number of ether oxygens (including phenoxy) is 1. The SMILES string of the molecule is CCCNc1cc(C)ccc1C(=O)N1CC(C)OCC1C. The molecule has 1 saturated heterocycles. The zero-order valence-electron chi connectivity index (χ0n) is 13.5. The predicted molar refractivity (Wildman–Crippen MR) is 85.9 cm³/mol. The molecule has 1 aromatic carbocycles. The number of carbonyl (C=O) groups excluding carboxylic acids is 1. The molecule has 1 amide bonds. The number of rotatable bonds is 4. The van der Waals surface area contributed by atoms with E-state index in [2.05, 4.69) is 18.3 Å². The lowest BCUT2D eigenvalue weighted by molar-refractivity contribution is -0.0386. The van der Waals surface area contributed by atoms with Crippen molar-refractivity contribution in [1.82, 2.24) is 4.90 Å². The van der Waals surface area contributed by atoms with Crippen LogP contribution in [0.4, 0.5) is 5.69 Å². The zero-order chi connectivity index (χ0) is 15.4. The number of hydrogen-bond acceptors (Lipinski definition) is 3. The van der Waals surface area contributed by atoms with E-state index in [1.807, 2.05) is 37.8 Å². The van der Waals surface area contributed by atoms with Gasteiger partial charge in [0.2, 0.25) is 0 Å². The van der Waals surface area contributed by atoms with E-state index in [0.717, 1.165) is 29.8 Å². The van der Waals surface area contributed by atoms with Crippen LogP contribution in [0.3, 0.4) is 0 Å². The molecule has 1 heterocycles. The van der Waals surface area contributed by atoms with Gasteiger partial charge in [-0.1, -0.05) is 13.0 Å². The Bertz CT molecular complexity index is 502. The molecule has 0 radical (unpaired) electrons. The van der Waals surface area contributed by atoms with Gasteiger partial charge in [0.15, 0.2) is 0 Å². The molecular formula is C17H26N2O2. The number of morpholine rings is 1. The van der Waals surface area contributed by atoms with E-state index in [4.69, 9.17) is 4.74 Å². The minimum absolute atomic E-state index is 0.0938. The molecule has 1 aliphatic rings. The topological polar surface area (TPSA) is 41.6 Å². The molecule has 0 saturated carbocycles. The minimum Gasteiger partial charge on any atom is -0.384 e. The average molecular weight is 290 g/mol. The van der Waals surface area contributed by atoms with Crippen molar-refractivity contribution in [1.29, 1.82) is 0 Å². The third-order valence-electron chi connectivity index (χ3n) is 3.84. The van der Waals surface area contributed by atoms with Crippen molar-refractivity contribution in [2.75, 3.05) is 25.0 Å². The smallest absolute Gasteiger partial charge is 0.256 e. The van der Waals surface area contributed by atoms with Gasteiger partial charge in [0.05, 0.1) is 24.3 Å². The Morgan fingerprint density at radius 3 is 2.90 bits per heavy atom. The number of nitrogens with zero attached hydrogens (tertiary/aromatic N) is 1. The van der Waals surface area contributed by atoms with Crippen LogP contribution in [-0.4, -0.2) is 42.6 Å². The summed E-state index contributed by atoms with van der Waals surface area (Å²) in [5, 5.41) is 3.37. The van der Waals surface area contributed by atoms with Crippen LogP contribution in [0.1, 0.15) is 43.1 Å². The molecule has 1 fully saturated rings. The van der Waals surface area contributed by atoms with Crippen LogP contribution in [0.2, 0.25) is 0 Å². The molecule has 2 unspecified atom stereocenters. The highest BCUT2D eigenvalue weighted by Crippen LogP contribution is 2.22. The summed E-state index contributed by atoms with van der Waals surface area (Å²) in [6.07, 6.45) is 1.13. The average Bonchev–Trinajstić information content (AvgIpc) is 2.47. The molecule has 2 rings (SSSR count). The molecular weight excluding hydrogens is 264 g/mol. The molecule has 1 N–H and O–H groups in total. The standard InChI is InChI=1S/C17H26N2O2/c1-5-8-18-16-9-12(2)6-7-15(16)17(20)19-10-14(4)21-11-13(19)3/h6-7,9,13-14,18H,5,8,10-11H2,1-4H3. The van der Waals surface area contributed by atoms with E-state index in [0.29, 0.717) is 13.2 Å². The van der Waals surface area contributed by atoms with Crippen LogP contribution in [0.25, 0.3) is 0 Å². The van der Waals surface area contributed by atoms with E-state index in [1.54, 1.807) is 0 Å². The van der Waals surface area contributed by atoms with Gasteiger partial charge in [-0.2, -0.15) is 0 Å². The van der Waals surface area contributed by atoms with Gasteiger partial charge in [-0.05, 0) is 44.9 Å². The summed E-state index contributed by atoms with van der Waals surface area (Å²) in [6.45, 7) is 10.4. The Morgan fingerprint density at radius 2 is 2.19 bits per heavy atom. The highest BCUT2D eigenvalue weighted by molar-refractivity contribution is 6.00. The monoisotopic (exact) mass is 290 g/mol. The predicted octanol–water partition coefficient (Wildman–Crippen LogP) is 3.07. The summed E-state index contributed by atoms with van der Waals surface area (Å²) in [6, 6.07) is 6.10. The van der Waals surface area contributed by atoms with Gasteiger partial charge < -0.3 is 15.0 Å². The summed E-state index contributed by atoms with van der Waals surface area (Å²) >= 11 is 0. The largest absolute Gasteiger partial charge is 0.384 e. The van der Waals surface area contributed by atoms with E-state index < -0.39 is 0 Å². The summed E-state index contributed by atoms with van der Waals surface area (Å²) in [4.78, 5) is 14.8. The van der Waals surface area contributed by atoms with E-state index in [9.17, 15) is 4.79 Å². The normalized spacial score (nSPS) is 22.2. The number of nitrogens with one attached hydrogen (secondary N) is 1. The second-order valence-corrected chi connectivity index (χ2v) is 5.93. The molecule has 4 heteroatoms. The first kappa shape index (κ1) is 15.8. The first-order valence-corrected chi connectivity index (χ1v) is 7.80. The summed E-state index contributed by atoms with van der Waals surface area (Å²) in [7, 11) is 0. The van der Waals surface area contributed by atoms with Crippen molar-refractivity contribution in [3.8, 4) is 0 Å². The number of carbonyl (C=O) groups is 1. The maximum absolute atomic E-state index is 12.9. The Kier molecular flexibility index (Phi) is 5.23. The van der Waals surface area contributed by atoms with Crippen LogP contribution in [0.15, 0.2) is 18.2 Å². The lowest BCUT2D eigenvalue weighted by atomic mass is 10.1. The quantitative estimate of drug-likeness (QED) is 0.926. The Balaban J connectivity index is 2.25. The molecule has 116 valence electrons. The van der Waals surface area contributed by atoms with Crippen LogP contribution < -0.4 is 5.32 Å². The van der Waals surface area contributed by atoms with Gasteiger partial charge in [0.1, 0.15) is 0 Å². The highest BCUT2D eigenvalue weighted by atomic mass is 16.5. The molecule has 0 aliphatic carbocycles. The van der Waals surface area contributed by atoms with Crippen LogP contribution >= 0.6 is 0 Å². The van der Waals surface area contributed by atoms with Crippen molar-refractivity contribution in [2.45, 2.75) is 46.3 Å². The van der Waals surface area contributed by atoms with Gasteiger partial charge in [0.25, 0.3) is 5.91 Å². The number of amides is 1. The van der Waals surface area contributed by atoms with Crippen molar-refractivity contribution >= 4 is 11.6 Å². The molecule has 0 spiro atoms. The van der Waals surface area contributed by atoms with Gasteiger partial charge in [-0.3, -0.25) is 4.79 Å². The fourth-order valence-electron chi connectivity index (χ4n) is 2.59. The molecule has 4 nitrogen and oxygen atoms in total. The second-order valence-electron chi connectivity index (χ2n) is 5.93. The van der Waals surface area contributed by atoms with Crippen LogP contribution in [0.5, 0.6) is 0 Å². The summed E-state index contributed by atoms with van der Waals surface area (Å²) in [5.74, 6) is 0.0938. The first-order valence-electron chi connectivity index (χ1n) is 7.80. The van der Waals surface area contributed by atoms with Crippen molar-refractivity contribution < 1.29 is 9.53 Å².